The number of thiophene rings is 1. The van der Waals surface area contributed by atoms with Crippen LogP contribution in [-0.4, -0.2) is 18.2 Å². The van der Waals surface area contributed by atoms with Crippen LogP contribution in [0, 0.1) is 9.39 Å². The molecule has 0 spiro atoms. The maximum Gasteiger partial charge on any atom is 0.339 e. The summed E-state index contributed by atoms with van der Waals surface area (Å²) in [4.78, 5) is 12.5. The second-order valence-electron chi connectivity index (χ2n) is 4.93. The lowest BCUT2D eigenvalue weighted by molar-refractivity contribution is 0.0697. The van der Waals surface area contributed by atoms with Crippen LogP contribution in [0.2, 0.25) is 0 Å². The largest absolute Gasteiger partial charge is 0.478 e. The summed E-state index contributed by atoms with van der Waals surface area (Å²) in [5, 5.41) is 12.9. The third-order valence-electron chi connectivity index (χ3n) is 3.51. The molecular weight excluding hydrogens is 432 g/mol. The van der Waals surface area contributed by atoms with E-state index in [-0.39, 0.29) is 17.4 Å². The van der Waals surface area contributed by atoms with Gasteiger partial charge in [-0.2, -0.15) is 0 Å². The molecule has 7 heteroatoms. The van der Waals surface area contributed by atoms with Crippen LogP contribution in [0.3, 0.4) is 0 Å². The quantitative estimate of drug-likeness (QED) is 0.595. The molecule has 124 valence electrons. The van der Waals surface area contributed by atoms with Crippen LogP contribution in [0.4, 0.5) is 15.1 Å². The normalized spacial score (nSPS) is 12.2. The fourth-order valence-corrected chi connectivity index (χ4v) is 4.08. The Balaban J connectivity index is 2.52. The maximum atomic E-state index is 14.0. The zero-order valence-electron chi connectivity index (χ0n) is 12.9. The van der Waals surface area contributed by atoms with E-state index in [2.05, 4.69) is 5.32 Å². The average molecular weight is 449 g/mol. The molecule has 0 amide bonds. The minimum absolute atomic E-state index is 0.189. The fourth-order valence-electron chi connectivity index (χ4n) is 2.30. The van der Waals surface area contributed by atoms with E-state index in [0.717, 1.165) is 14.0 Å². The van der Waals surface area contributed by atoms with Gasteiger partial charge < -0.3 is 15.2 Å². The zero-order chi connectivity index (χ0) is 17.1. The Hall–Kier alpha value is -1.19. The highest BCUT2D eigenvalue weighted by atomic mass is 127. The second-order valence-corrected chi connectivity index (χ2v) is 7.23. The summed E-state index contributed by atoms with van der Waals surface area (Å²) in [6.45, 7) is 3.77. The van der Waals surface area contributed by atoms with Crippen molar-refractivity contribution < 1.29 is 19.0 Å². The Bertz CT molecular complexity index is 732. The van der Waals surface area contributed by atoms with Gasteiger partial charge in [0.15, 0.2) is 0 Å². The van der Waals surface area contributed by atoms with Crippen molar-refractivity contribution in [1.29, 1.82) is 0 Å². The summed E-state index contributed by atoms with van der Waals surface area (Å²) in [7, 11) is 1.58. The Morgan fingerprint density at radius 1 is 1.52 bits per heavy atom. The number of methoxy groups -OCH3 is 1. The molecule has 0 bridgehead atoms. The highest BCUT2D eigenvalue weighted by Gasteiger charge is 2.25. The lowest BCUT2D eigenvalue weighted by atomic mass is 10.1. The maximum absolute atomic E-state index is 14.0. The van der Waals surface area contributed by atoms with Gasteiger partial charge in [0, 0.05) is 15.6 Å². The first-order valence-corrected chi connectivity index (χ1v) is 8.92. The molecule has 0 aliphatic rings. The summed E-state index contributed by atoms with van der Waals surface area (Å²) in [6, 6.07) is 4.77. The Morgan fingerprint density at radius 2 is 2.22 bits per heavy atom. The molecule has 2 rings (SSSR count). The molecule has 2 aromatic rings. The molecule has 0 saturated heterocycles. The van der Waals surface area contributed by atoms with Crippen molar-refractivity contribution in [3.05, 3.63) is 43.6 Å². The number of hydrogen-bond donors (Lipinski definition) is 2. The number of hydrogen-bond acceptors (Lipinski definition) is 4. The van der Waals surface area contributed by atoms with Gasteiger partial charge in [-0.25, -0.2) is 9.18 Å². The molecule has 23 heavy (non-hydrogen) atoms. The van der Waals surface area contributed by atoms with Gasteiger partial charge in [-0.15, -0.1) is 11.3 Å². The van der Waals surface area contributed by atoms with Crippen LogP contribution in [0.5, 0.6) is 0 Å². The van der Waals surface area contributed by atoms with E-state index >= 15 is 0 Å². The number of anilines is 2. The zero-order valence-corrected chi connectivity index (χ0v) is 15.9. The molecule has 1 heterocycles. The van der Waals surface area contributed by atoms with Crippen molar-refractivity contribution in [2.24, 2.45) is 0 Å². The van der Waals surface area contributed by atoms with Crippen molar-refractivity contribution in [3.8, 4) is 0 Å². The van der Waals surface area contributed by atoms with Gasteiger partial charge in [0.05, 0.1) is 17.4 Å². The predicted molar refractivity (Wildman–Crippen MR) is 98.5 cm³/mol. The number of benzene rings is 1. The van der Waals surface area contributed by atoms with Crippen molar-refractivity contribution >= 4 is 50.6 Å². The Morgan fingerprint density at radius 3 is 2.74 bits per heavy atom. The van der Waals surface area contributed by atoms with E-state index < -0.39 is 11.8 Å². The number of nitrogens with one attached hydrogen (secondary N) is 1. The van der Waals surface area contributed by atoms with Crippen molar-refractivity contribution in [3.63, 3.8) is 0 Å². The standard InChI is InChI=1S/C16H17FINO3S/c1-4-10-13(16(20)21)15(23-14(10)8(2)22-3)19-12-6-5-9(18)7-11(12)17/h5-8,19H,4H2,1-3H3,(H,20,21). The molecule has 0 fully saturated rings. The van der Waals surface area contributed by atoms with Gasteiger partial charge in [-0.3, -0.25) is 0 Å². The van der Waals surface area contributed by atoms with Crippen molar-refractivity contribution in [2.45, 2.75) is 26.4 Å². The van der Waals surface area contributed by atoms with Crippen LogP contribution >= 0.6 is 33.9 Å². The summed E-state index contributed by atoms with van der Waals surface area (Å²) in [5.74, 6) is -1.44. The first-order chi connectivity index (χ1) is 10.9. The molecule has 1 atom stereocenters. The van der Waals surface area contributed by atoms with Gasteiger partial charge in [0.25, 0.3) is 0 Å². The molecule has 0 saturated carbocycles. The van der Waals surface area contributed by atoms with Crippen LogP contribution in [0.15, 0.2) is 18.2 Å². The van der Waals surface area contributed by atoms with Gasteiger partial charge >= 0.3 is 5.97 Å². The second kappa shape index (κ2) is 7.59. The smallest absolute Gasteiger partial charge is 0.339 e. The molecular formula is C16H17FINO3S. The van der Waals surface area contributed by atoms with Crippen LogP contribution in [0.1, 0.15) is 40.8 Å². The first-order valence-electron chi connectivity index (χ1n) is 7.02. The van der Waals surface area contributed by atoms with E-state index in [4.69, 9.17) is 4.74 Å². The van der Waals surface area contributed by atoms with E-state index in [1.54, 1.807) is 19.2 Å². The van der Waals surface area contributed by atoms with Gasteiger partial charge in [0.2, 0.25) is 0 Å². The van der Waals surface area contributed by atoms with Crippen molar-refractivity contribution in [1.82, 2.24) is 0 Å². The number of carbonyl (C=O) groups is 1. The minimum atomic E-state index is -1.03. The van der Waals surface area contributed by atoms with E-state index in [1.807, 2.05) is 36.4 Å². The van der Waals surface area contributed by atoms with E-state index in [1.165, 1.54) is 17.4 Å². The molecule has 1 aromatic heterocycles. The Kier molecular flexibility index (Phi) is 5.99. The number of halogens is 2. The van der Waals surface area contributed by atoms with Gasteiger partial charge in [0.1, 0.15) is 10.8 Å². The first kappa shape index (κ1) is 18.2. The minimum Gasteiger partial charge on any atom is -0.478 e. The summed E-state index contributed by atoms with van der Waals surface area (Å²) >= 11 is 3.32. The van der Waals surface area contributed by atoms with Crippen LogP contribution < -0.4 is 5.32 Å². The van der Waals surface area contributed by atoms with E-state index in [0.29, 0.717) is 11.4 Å². The third kappa shape index (κ3) is 3.84. The van der Waals surface area contributed by atoms with Gasteiger partial charge in [-0.05, 0) is 59.7 Å². The SMILES string of the molecule is CCc1c(C(C)OC)sc(Nc2ccc(I)cc2F)c1C(=O)O. The number of ether oxygens (including phenoxy) is 1. The topological polar surface area (TPSA) is 58.6 Å². The highest BCUT2D eigenvalue weighted by molar-refractivity contribution is 14.1. The lowest BCUT2D eigenvalue weighted by Crippen LogP contribution is -2.05. The number of rotatable bonds is 6. The van der Waals surface area contributed by atoms with Gasteiger partial charge in [-0.1, -0.05) is 6.92 Å². The van der Waals surface area contributed by atoms with Crippen molar-refractivity contribution in [2.75, 3.05) is 12.4 Å². The highest BCUT2D eigenvalue weighted by Crippen LogP contribution is 2.40. The Labute approximate surface area is 151 Å². The van der Waals surface area contributed by atoms with Crippen LogP contribution in [0.25, 0.3) is 0 Å². The monoisotopic (exact) mass is 449 g/mol. The summed E-state index contributed by atoms with van der Waals surface area (Å²) in [5.41, 5.74) is 1.17. The average Bonchev–Trinajstić information content (AvgIpc) is 2.87. The number of carboxylic acid groups (broad SMARTS) is 1. The molecule has 4 nitrogen and oxygen atoms in total. The van der Waals surface area contributed by atoms with E-state index in [9.17, 15) is 14.3 Å². The molecule has 0 aliphatic heterocycles. The fraction of sp³-hybridized carbons (Fsp3) is 0.312. The molecule has 0 radical (unpaired) electrons. The summed E-state index contributed by atoms with van der Waals surface area (Å²) in [6.07, 6.45) is 0.350. The predicted octanol–water partition coefficient (Wildman–Crippen LogP) is 5.20. The molecule has 2 N–H and O–H groups in total. The molecule has 1 aromatic carbocycles. The molecule has 1 unspecified atom stereocenters. The lowest BCUT2D eigenvalue weighted by Gasteiger charge is -2.09. The summed E-state index contributed by atoms with van der Waals surface area (Å²) < 4.78 is 20.2. The third-order valence-corrected chi connectivity index (χ3v) is 5.49. The number of carboxylic acids is 1. The number of aromatic carboxylic acids is 1. The molecule has 0 aliphatic carbocycles. The van der Waals surface area contributed by atoms with Crippen LogP contribution in [-0.2, 0) is 11.2 Å².